The molecule has 0 N–H and O–H groups in total. The summed E-state index contributed by atoms with van der Waals surface area (Å²) in [5.74, 6) is 0.00292. The molecule has 0 atom stereocenters. The summed E-state index contributed by atoms with van der Waals surface area (Å²) < 4.78 is 0.802. The summed E-state index contributed by atoms with van der Waals surface area (Å²) in [7, 11) is 5.86. The van der Waals surface area contributed by atoms with E-state index in [1.807, 2.05) is 21.1 Å². The van der Waals surface area contributed by atoms with Crippen LogP contribution in [0.25, 0.3) is 0 Å². The van der Waals surface area contributed by atoms with Gasteiger partial charge in [0.05, 0.1) is 5.02 Å². The zero-order valence-electron chi connectivity index (χ0n) is 10.9. The van der Waals surface area contributed by atoms with E-state index in [1.165, 1.54) is 0 Å². The first-order chi connectivity index (χ1) is 8.41. The van der Waals surface area contributed by atoms with Gasteiger partial charge >= 0.3 is 0 Å². The Balaban J connectivity index is 2.60. The number of benzene rings is 1. The van der Waals surface area contributed by atoms with E-state index in [9.17, 15) is 4.79 Å². The Kier molecular flexibility index (Phi) is 6.12. The highest BCUT2D eigenvalue weighted by Crippen LogP contribution is 2.23. The second kappa shape index (κ2) is 7.12. The summed E-state index contributed by atoms with van der Waals surface area (Å²) in [5.41, 5.74) is 0.621. The average Bonchev–Trinajstić information content (AvgIpc) is 2.31. The third-order valence-corrected chi connectivity index (χ3v) is 3.84. The summed E-state index contributed by atoms with van der Waals surface area (Å²) in [6, 6.07) is 5.26. The first-order valence-corrected chi connectivity index (χ1v) is 6.94. The van der Waals surface area contributed by atoms with Crippen molar-refractivity contribution in [2.45, 2.75) is 6.42 Å². The minimum Gasteiger partial charge on any atom is -0.342 e. The number of nitrogens with zero attached hydrogens (tertiary/aromatic N) is 2. The maximum atomic E-state index is 12.1. The summed E-state index contributed by atoms with van der Waals surface area (Å²) in [6.45, 7) is 1.71. The van der Waals surface area contributed by atoms with E-state index in [2.05, 4.69) is 20.8 Å². The highest BCUT2D eigenvalue weighted by atomic mass is 79.9. The smallest absolute Gasteiger partial charge is 0.253 e. The lowest BCUT2D eigenvalue weighted by atomic mass is 10.2. The monoisotopic (exact) mass is 332 g/mol. The fourth-order valence-electron chi connectivity index (χ4n) is 1.58. The van der Waals surface area contributed by atoms with Crippen LogP contribution in [0.4, 0.5) is 0 Å². The molecule has 100 valence electrons. The van der Waals surface area contributed by atoms with Gasteiger partial charge in [-0.25, -0.2) is 0 Å². The van der Waals surface area contributed by atoms with Gasteiger partial charge in [-0.05, 0) is 61.2 Å². The van der Waals surface area contributed by atoms with Crippen LogP contribution in [0.15, 0.2) is 22.7 Å². The summed E-state index contributed by atoms with van der Waals surface area (Å²) in [4.78, 5) is 16.0. The van der Waals surface area contributed by atoms with Gasteiger partial charge in [-0.15, -0.1) is 0 Å². The zero-order valence-corrected chi connectivity index (χ0v) is 13.3. The summed E-state index contributed by atoms with van der Waals surface area (Å²) in [6.07, 6.45) is 0.958. The molecule has 0 unspecified atom stereocenters. The molecule has 0 spiro atoms. The fourth-order valence-corrected chi connectivity index (χ4v) is 2.00. The molecule has 0 aliphatic rings. The molecule has 0 radical (unpaired) electrons. The zero-order chi connectivity index (χ0) is 13.7. The van der Waals surface area contributed by atoms with Gasteiger partial charge in [-0.1, -0.05) is 11.6 Å². The molecule has 0 aliphatic heterocycles. The second-order valence-corrected chi connectivity index (χ2v) is 5.77. The molecule has 0 bridgehead atoms. The molecule has 0 aromatic heterocycles. The summed E-state index contributed by atoms with van der Waals surface area (Å²) in [5, 5.41) is 0.558. The van der Waals surface area contributed by atoms with Gasteiger partial charge < -0.3 is 9.80 Å². The fraction of sp³-hybridized carbons (Fsp3) is 0.462. The van der Waals surface area contributed by atoms with Crippen LogP contribution in [0.5, 0.6) is 0 Å². The molecule has 1 rings (SSSR count). The van der Waals surface area contributed by atoms with Crippen molar-refractivity contribution >= 4 is 33.4 Å². The maximum Gasteiger partial charge on any atom is 0.253 e. The third kappa shape index (κ3) is 4.59. The lowest BCUT2D eigenvalue weighted by Crippen LogP contribution is -2.29. The van der Waals surface area contributed by atoms with Crippen molar-refractivity contribution in [3.8, 4) is 0 Å². The number of carbonyl (C=O) groups excluding carboxylic acids is 1. The Hall–Kier alpha value is -0.580. The highest BCUT2D eigenvalue weighted by molar-refractivity contribution is 9.10. The first-order valence-electron chi connectivity index (χ1n) is 5.77. The molecule has 1 amide bonds. The highest BCUT2D eigenvalue weighted by Gasteiger charge is 2.12. The number of carbonyl (C=O) groups is 1. The molecule has 0 saturated carbocycles. The third-order valence-electron chi connectivity index (χ3n) is 2.61. The predicted octanol–water partition coefficient (Wildman–Crippen LogP) is 3.13. The Bertz CT molecular complexity index is 423. The van der Waals surface area contributed by atoms with Gasteiger partial charge in [0.15, 0.2) is 0 Å². The predicted molar refractivity (Wildman–Crippen MR) is 79.3 cm³/mol. The van der Waals surface area contributed by atoms with Gasteiger partial charge in [0, 0.05) is 23.6 Å². The Morgan fingerprint density at radius 3 is 2.50 bits per heavy atom. The van der Waals surface area contributed by atoms with Crippen molar-refractivity contribution in [2.75, 3.05) is 34.2 Å². The van der Waals surface area contributed by atoms with Crippen LogP contribution in [0, 0.1) is 0 Å². The Morgan fingerprint density at radius 1 is 1.28 bits per heavy atom. The van der Waals surface area contributed by atoms with E-state index in [0.717, 1.165) is 24.0 Å². The second-order valence-electron chi connectivity index (χ2n) is 4.51. The van der Waals surface area contributed by atoms with Crippen molar-refractivity contribution in [1.29, 1.82) is 0 Å². The molecule has 1 aromatic rings. The van der Waals surface area contributed by atoms with Crippen molar-refractivity contribution in [1.82, 2.24) is 9.80 Å². The largest absolute Gasteiger partial charge is 0.342 e. The topological polar surface area (TPSA) is 23.6 Å². The molecule has 0 aliphatic carbocycles. The standard InChI is InChI=1S/C13H18BrClN2O/c1-16(2)7-4-8-17(3)13(18)10-5-6-11(14)12(15)9-10/h5-6,9H,4,7-8H2,1-3H3. The van der Waals surface area contributed by atoms with Crippen LogP contribution >= 0.6 is 27.5 Å². The van der Waals surface area contributed by atoms with E-state index in [0.29, 0.717) is 10.6 Å². The number of hydrogen-bond acceptors (Lipinski definition) is 2. The molecular weight excluding hydrogens is 316 g/mol. The molecule has 0 saturated heterocycles. The van der Waals surface area contributed by atoms with Gasteiger partial charge in [0.2, 0.25) is 0 Å². The maximum absolute atomic E-state index is 12.1. The van der Waals surface area contributed by atoms with E-state index >= 15 is 0 Å². The summed E-state index contributed by atoms with van der Waals surface area (Å²) >= 11 is 9.30. The van der Waals surface area contributed by atoms with Crippen LogP contribution in [0.2, 0.25) is 5.02 Å². The Labute approximate surface area is 122 Å². The number of hydrogen-bond donors (Lipinski definition) is 0. The minimum atomic E-state index is 0.00292. The van der Waals surface area contributed by atoms with Gasteiger partial charge in [-0.2, -0.15) is 0 Å². The van der Waals surface area contributed by atoms with Crippen molar-refractivity contribution in [3.05, 3.63) is 33.3 Å². The lowest BCUT2D eigenvalue weighted by molar-refractivity contribution is 0.0790. The van der Waals surface area contributed by atoms with Crippen LogP contribution in [0.3, 0.4) is 0 Å². The molecule has 3 nitrogen and oxygen atoms in total. The molecule has 0 heterocycles. The van der Waals surface area contributed by atoms with E-state index in [4.69, 9.17) is 11.6 Å². The molecule has 1 aromatic carbocycles. The van der Waals surface area contributed by atoms with E-state index < -0.39 is 0 Å². The van der Waals surface area contributed by atoms with Crippen LogP contribution < -0.4 is 0 Å². The SMILES string of the molecule is CN(C)CCCN(C)C(=O)c1ccc(Br)c(Cl)c1. The number of amides is 1. The van der Waals surface area contributed by atoms with Crippen molar-refractivity contribution < 1.29 is 4.79 Å². The lowest BCUT2D eigenvalue weighted by Gasteiger charge is -2.18. The number of halogens is 2. The molecule has 0 fully saturated rings. The van der Waals surface area contributed by atoms with Crippen LogP contribution in [0.1, 0.15) is 16.8 Å². The van der Waals surface area contributed by atoms with Crippen molar-refractivity contribution in [2.24, 2.45) is 0 Å². The van der Waals surface area contributed by atoms with Gasteiger partial charge in [0.1, 0.15) is 0 Å². The Morgan fingerprint density at radius 2 is 1.94 bits per heavy atom. The molecular formula is C13H18BrClN2O. The van der Waals surface area contributed by atoms with Crippen molar-refractivity contribution in [3.63, 3.8) is 0 Å². The normalized spacial score (nSPS) is 10.8. The number of rotatable bonds is 5. The first kappa shape index (κ1) is 15.5. The quantitative estimate of drug-likeness (QED) is 0.826. The van der Waals surface area contributed by atoms with E-state index in [-0.39, 0.29) is 5.91 Å². The van der Waals surface area contributed by atoms with Crippen LogP contribution in [-0.4, -0.2) is 49.9 Å². The van der Waals surface area contributed by atoms with Gasteiger partial charge in [-0.3, -0.25) is 4.79 Å². The van der Waals surface area contributed by atoms with Crippen LogP contribution in [-0.2, 0) is 0 Å². The minimum absolute atomic E-state index is 0.00292. The molecule has 5 heteroatoms. The van der Waals surface area contributed by atoms with E-state index in [1.54, 1.807) is 23.1 Å². The van der Waals surface area contributed by atoms with Gasteiger partial charge in [0.25, 0.3) is 5.91 Å². The average molecular weight is 334 g/mol. The molecule has 18 heavy (non-hydrogen) atoms.